The van der Waals surface area contributed by atoms with E-state index in [9.17, 15) is 13.2 Å². The SMILES string of the molecule is Nc1ccc(NCc2ccc(CO)cc2)c(C(F)(F)F)c1. The zero-order chi connectivity index (χ0) is 15.5. The average Bonchev–Trinajstić information content (AvgIpc) is 2.45. The third-order valence-electron chi connectivity index (χ3n) is 3.04. The van der Waals surface area contributed by atoms with Crippen LogP contribution >= 0.6 is 0 Å². The van der Waals surface area contributed by atoms with Crippen molar-refractivity contribution in [1.82, 2.24) is 0 Å². The van der Waals surface area contributed by atoms with Gasteiger partial charge in [-0.3, -0.25) is 0 Å². The number of nitrogens with two attached hydrogens (primary N) is 1. The summed E-state index contributed by atoms with van der Waals surface area (Å²) >= 11 is 0. The number of halogens is 3. The maximum absolute atomic E-state index is 12.9. The highest BCUT2D eigenvalue weighted by Gasteiger charge is 2.33. The van der Waals surface area contributed by atoms with E-state index in [0.29, 0.717) is 0 Å². The molecule has 0 atom stereocenters. The lowest BCUT2D eigenvalue weighted by Crippen LogP contribution is -2.11. The van der Waals surface area contributed by atoms with Crippen LogP contribution in [-0.2, 0) is 19.3 Å². The highest BCUT2D eigenvalue weighted by Crippen LogP contribution is 2.36. The first-order valence-electron chi connectivity index (χ1n) is 6.29. The third-order valence-corrected chi connectivity index (χ3v) is 3.04. The molecule has 0 fully saturated rings. The van der Waals surface area contributed by atoms with E-state index in [1.165, 1.54) is 12.1 Å². The van der Waals surface area contributed by atoms with Crippen LogP contribution in [0.25, 0.3) is 0 Å². The molecule has 0 saturated carbocycles. The minimum atomic E-state index is -4.46. The minimum Gasteiger partial charge on any atom is -0.399 e. The van der Waals surface area contributed by atoms with E-state index in [0.717, 1.165) is 17.2 Å². The second-order valence-electron chi connectivity index (χ2n) is 4.63. The highest BCUT2D eigenvalue weighted by atomic mass is 19.4. The van der Waals surface area contributed by atoms with E-state index in [1.54, 1.807) is 24.3 Å². The summed E-state index contributed by atoms with van der Waals surface area (Å²) in [6.07, 6.45) is -4.46. The molecule has 0 aliphatic carbocycles. The molecule has 0 aliphatic heterocycles. The van der Waals surface area contributed by atoms with Gasteiger partial charge in [-0.1, -0.05) is 24.3 Å². The van der Waals surface area contributed by atoms with Crippen molar-refractivity contribution in [1.29, 1.82) is 0 Å². The summed E-state index contributed by atoms with van der Waals surface area (Å²) in [7, 11) is 0. The fraction of sp³-hybridized carbons (Fsp3) is 0.200. The van der Waals surface area contributed by atoms with Crippen molar-refractivity contribution in [3.8, 4) is 0 Å². The van der Waals surface area contributed by atoms with Gasteiger partial charge >= 0.3 is 6.18 Å². The molecule has 2 rings (SSSR count). The summed E-state index contributed by atoms with van der Waals surface area (Å²) in [4.78, 5) is 0. The minimum absolute atomic E-state index is 0.0112. The predicted molar refractivity (Wildman–Crippen MR) is 75.5 cm³/mol. The molecule has 0 saturated heterocycles. The van der Waals surface area contributed by atoms with Crippen LogP contribution in [0.2, 0.25) is 0 Å². The van der Waals surface area contributed by atoms with E-state index in [2.05, 4.69) is 5.32 Å². The number of hydrogen-bond donors (Lipinski definition) is 3. The Kier molecular flexibility index (Phi) is 4.37. The van der Waals surface area contributed by atoms with Gasteiger partial charge in [0.05, 0.1) is 12.2 Å². The van der Waals surface area contributed by atoms with Crippen molar-refractivity contribution in [2.75, 3.05) is 11.1 Å². The molecule has 112 valence electrons. The lowest BCUT2D eigenvalue weighted by atomic mass is 10.1. The van der Waals surface area contributed by atoms with Crippen molar-refractivity contribution >= 4 is 11.4 Å². The molecular weight excluding hydrogens is 281 g/mol. The number of hydrogen-bond acceptors (Lipinski definition) is 3. The van der Waals surface area contributed by atoms with E-state index in [4.69, 9.17) is 10.8 Å². The van der Waals surface area contributed by atoms with Crippen LogP contribution in [0.5, 0.6) is 0 Å². The van der Waals surface area contributed by atoms with Crippen LogP contribution in [0.1, 0.15) is 16.7 Å². The quantitative estimate of drug-likeness (QED) is 0.758. The van der Waals surface area contributed by atoms with Gasteiger partial charge in [0.1, 0.15) is 0 Å². The van der Waals surface area contributed by atoms with E-state index in [1.807, 2.05) is 0 Å². The molecule has 0 unspecified atom stereocenters. The molecule has 0 heterocycles. The molecule has 3 nitrogen and oxygen atoms in total. The fourth-order valence-electron chi connectivity index (χ4n) is 1.91. The Morgan fingerprint density at radius 2 is 1.62 bits per heavy atom. The first-order chi connectivity index (χ1) is 9.90. The van der Waals surface area contributed by atoms with E-state index < -0.39 is 11.7 Å². The highest BCUT2D eigenvalue weighted by molar-refractivity contribution is 5.59. The number of aliphatic hydroxyl groups excluding tert-OH is 1. The first-order valence-corrected chi connectivity index (χ1v) is 6.29. The van der Waals surface area contributed by atoms with Crippen molar-refractivity contribution in [3.05, 3.63) is 59.2 Å². The van der Waals surface area contributed by atoms with Crippen molar-refractivity contribution in [2.24, 2.45) is 0 Å². The van der Waals surface area contributed by atoms with Gasteiger partial charge in [0.15, 0.2) is 0 Å². The molecule has 2 aromatic carbocycles. The topological polar surface area (TPSA) is 58.3 Å². The monoisotopic (exact) mass is 296 g/mol. The van der Waals surface area contributed by atoms with Gasteiger partial charge in [-0.15, -0.1) is 0 Å². The number of aliphatic hydroxyl groups is 1. The van der Waals surface area contributed by atoms with E-state index in [-0.39, 0.29) is 24.5 Å². The number of alkyl halides is 3. The maximum atomic E-state index is 12.9. The Morgan fingerprint density at radius 1 is 1.00 bits per heavy atom. The molecule has 0 bridgehead atoms. The second kappa shape index (κ2) is 6.05. The molecule has 0 aromatic heterocycles. The molecule has 0 aliphatic rings. The number of anilines is 2. The molecule has 0 spiro atoms. The van der Waals surface area contributed by atoms with Gasteiger partial charge in [0.25, 0.3) is 0 Å². The number of benzene rings is 2. The Morgan fingerprint density at radius 3 is 2.19 bits per heavy atom. The van der Waals surface area contributed by atoms with Crippen LogP contribution in [0.4, 0.5) is 24.5 Å². The smallest absolute Gasteiger partial charge is 0.399 e. The largest absolute Gasteiger partial charge is 0.418 e. The lowest BCUT2D eigenvalue weighted by Gasteiger charge is -2.15. The third kappa shape index (κ3) is 3.88. The Hall–Kier alpha value is -2.21. The number of nitrogens with one attached hydrogen (secondary N) is 1. The molecule has 2 aromatic rings. The Labute approximate surface area is 120 Å². The van der Waals surface area contributed by atoms with Crippen molar-refractivity contribution in [3.63, 3.8) is 0 Å². The van der Waals surface area contributed by atoms with Crippen LogP contribution in [0.15, 0.2) is 42.5 Å². The Bertz CT molecular complexity index is 609. The zero-order valence-electron chi connectivity index (χ0n) is 11.1. The summed E-state index contributed by atoms with van der Waals surface area (Å²) < 4.78 is 38.8. The van der Waals surface area contributed by atoms with Gasteiger partial charge in [0.2, 0.25) is 0 Å². The summed E-state index contributed by atoms with van der Waals surface area (Å²) in [6.45, 7) is 0.183. The molecule has 21 heavy (non-hydrogen) atoms. The van der Waals surface area contributed by atoms with Gasteiger partial charge < -0.3 is 16.2 Å². The van der Waals surface area contributed by atoms with Crippen molar-refractivity contribution in [2.45, 2.75) is 19.3 Å². The standard InChI is InChI=1S/C15H15F3N2O/c16-15(17,18)13-7-12(19)5-6-14(13)20-8-10-1-3-11(9-21)4-2-10/h1-7,20-21H,8-9,19H2. The van der Waals surface area contributed by atoms with Crippen LogP contribution in [0.3, 0.4) is 0 Å². The zero-order valence-corrected chi connectivity index (χ0v) is 11.1. The first kappa shape index (κ1) is 15.2. The normalized spacial score (nSPS) is 11.4. The molecular formula is C15H15F3N2O. The summed E-state index contributed by atoms with van der Waals surface area (Å²) in [5, 5.41) is 11.7. The van der Waals surface area contributed by atoms with Crippen LogP contribution in [-0.4, -0.2) is 5.11 Å². The lowest BCUT2D eigenvalue weighted by molar-refractivity contribution is -0.136. The van der Waals surface area contributed by atoms with Gasteiger partial charge in [0, 0.05) is 17.9 Å². The molecule has 0 radical (unpaired) electrons. The van der Waals surface area contributed by atoms with Gasteiger partial charge in [-0.05, 0) is 29.3 Å². The summed E-state index contributed by atoms with van der Waals surface area (Å²) in [5.74, 6) is 0. The van der Waals surface area contributed by atoms with Crippen LogP contribution in [0, 0.1) is 0 Å². The Balaban J connectivity index is 2.15. The average molecular weight is 296 g/mol. The predicted octanol–water partition coefficient (Wildman–Crippen LogP) is 3.39. The van der Waals surface area contributed by atoms with Gasteiger partial charge in [-0.2, -0.15) is 13.2 Å². The van der Waals surface area contributed by atoms with Crippen LogP contribution < -0.4 is 11.1 Å². The molecule has 0 amide bonds. The molecule has 6 heteroatoms. The van der Waals surface area contributed by atoms with Gasteiger partial charge in [-0.25, -0.2) is 0 Å². The number of rotatable bonds is 4. The number of nitrogen functional groups attached to an aromatic ring is 1. The fourth-order valence-corrected chi connectivity index (χ4v) is 1.91. The van der Waals surface area contributed by atoms with E-state index >= 15 is 0 Å². The maximum Gasteiger partial charge on any atom is 0.418 e. The van der Waals surface area contributed by atoms with Crippen molar-refractivity contribution < 1.29 is 18.3 Å². The summed E-state index contributed by atoms with van der Waals surface area (Å²) in [6, 6.07) is 10.6. The second-order valence-corrected chi connectivity index (χ2v) is 4.63. The summed E-state index contributed by atoms with van der Waals surface area (Å²) in [5.41, 5.74) is 6.26. The molecule has 4 N–H and O–H groups in total.